The molecule has 0 spiro atoms. The van der Waals surface area contributed by atoms with E-state index in [1.807, 2.05) is 0 Å². The van der Waals surface area contributed by atoms with Crippen molar-refractivity contribution in [3.63, 3.8) is 0 Å². The molecule has 0 saturated heterocycles. The Morgan fingerprint density at radius 3 is 2.22 bits per heavy atom. The molecule has 23 heavy (non-hydrogen) atoms. The van der Waals surface area contributed by atoms with Gasteiger partial charge >= 0.3 is 0 Å². The zero-order valence-electron chi connectivity index (χ0n) is 14.4. The van der Waals surface area contributed by atoms with E-state index in [1.165, 1.54) is 64.2 Å². The molecule has 2 saturated carbocycles. The van der Waals surface area contributed by atoms with Crippen LogP contribution in [0.4, 0.5) is 0 Å². The molecule has 0 N–H and O–H groups in total. The number of hydrogen-bond donors (Lipinski definition) is 0. The average molecular weight is 351 g/mol. The predicted octanol–water partition coefficient (Wildman–Crippen LogP) is 4.75. The van der Waals surface area contributed by atoms with Gasteiger partial charge in [-0.15, -0.1) is 11.6 Å². The van der Waals surface area contributed by atoms with Crippen molar-refractivity contribution in [2.24, 2.45) is 0 Å². The van der Waals surface area contributed by atoms with Gasteiger partial charge in [0.05, 0.1) is 0 Å². The molecule has 3 rings (SSSR count). The Balaban J connectivity index is 1.87. The van der Waals surface area contributed by atoms with Gasteiger partial charge in [0.1, 0.15) is 0 Å². The summed E-state index contributed by atoms with van der Waals surface area (Å²) in [5.74, 6) is 2.22. The largest absolute Gasteiger partial charge is 0.417 e. The third kappa shape index (κ3) is 4.61. The van der Waals surface area contributed by atoms with Crippen LogP contribution in [0.3, 0.4) is 0 Å². The van der Waals surface area contributed by atoms with Crippen LogP contribution in [0.2, 0.25) is 0 Å². The maximum atomic E-state index is 5.95. The third-order valence-electron chi connectivity index (χ3n) is 5.77. The molecule has 0 radical (unpaired) electrons. The van der Waals surface area contributed by atoms with Crippen LogP contribution in [-0.4, -0.2) is 22.3 Å². The summed E-state index contributed by atoms with van der Waals surface area (Å²) in [5, 5.41) is 1.57. The monoisotopic (exact) mass is 350 g/mol. The quantitative estimate of drug-likeness (QED) is 0.409. The molecule has 3 heteroatoms. The molecular formula is C20H31ClOSi. The van der Waals surface area contributed by atoms with Crippen molar-refractivity contribution in [1.82, 2.24) is 0 Å². The lowest BCUT2D eigenvalue weighted by molar-refractivity contribution is 0.369. The first-order valence-corrected chi connectivity index (χ1v) is 11.5. The van der Waals surface area contributed by atoms with Gasteiger partial charge in [-0.3, -0.25) is 0 Å². The van der Waals surface area contributed by atoms with Crippen LogP contribution in [0.15, 0.2) is 18.2 Å². The van der Waals surface area contributed by atoms with Crippen molar-refractivity contribution in [3.8, 4) is 0 Å². The zero-order valence-corrected chi connectivity index (χ0v) is 16.5. The second-order valence-corrected chi connectivity index (χ2v) is 9.17. The molecule has 128 valence electrons. The first-order valence-electron chi connectivity index (χ1n) is 9.65. The van der Waals surface area contributed by atoms with Crippen molar-refractivity contribution >= 4 is 26.6 Å². The molecule has 0 heterocycles. The van der Waals surface area contributed by atoms with E-state index in [4.69, 9.17) is 16.0 Å². The Morgan fingerprint density at radius 1 is 0.913 bits per heavy atom. The minimum absolute atomic E-state index is 0.619. The molecule has 0 aliphatic heterocycles. The van der Waals surface area contributed by atoms with Crippen molar-refractivity contribution in [2.45, 2.75) is 76.0 Å². The Labute approximate surface area is 149 Å². The molecule has 0 aromatic heterocycles. The zero-order chi connectivity index (χ0) is 15.9. The van der Waals surface area contributed by atoms with Gasteiger partial charge in [-0.25, -0.2) is 0 Å². The molecule has 0 unspecified atom stereocenters. The molecule has 0 atom stereocenters. The molecule has 2 aliphatic rings. The fraction of sp³-hybridized carbons (Fsp3) is 0.700. The minimum Gasteiger partial charge on any atom is -0.417 e. The van der Waals surface area contributed by atoms with Crippen LogP contribution in [-0.2, 0) is 4.43 Å². The van der Waals surface area contributed by atoms with E-state index >= 15 is 0 Å². The van der Waals surface area contributed by atoms with Crippen LogP contribution < -0.4 is 5.19 Å². The summed E-state index contributed by atoms with van der Waals surface area (Å²) in [4.78, 5) is 0. The van der Waals surface area contributed by atoms with Crippen molar-refractivity contribution in [3.05, 3.63) is 29.3 Å². The fourth-order valence-corrected chi connectivity index (χ4v) is 6.34. The van der Waals surface area contributed by atoms with Gasteiger partial charge in [0, 0.05) is 12.5 Å². The highest BCUT2D eigenvalue weighted by Crippen LogP contribution is 2.40. The van der Waals surface area contributed by atoms with E-state index in [9.17, 15) is 0 Å². The van der Waals surface area contributed by atoms with Crippen molar-refractivity contribution in [1.29, 1.82) is 0 Å². The highest BCUT2D eigenvalue weighted by atomic mass is 35.5. The summed E-state index contributed by atoms with van der Waals surface area (Å²) < 4.78 is 5.95. The van der Waals surface area contributed by atoms with Gasteiger partial charge in [0.15, 0.2) is 9.76 Å². The van der Waals surface area contributed by atoms with Gasteiger partial charge in [-0.2, -0.15) is 0 Å². The summed E-state index contributed by atoms with van der Waals surface area (Å²) in [6, 6.07) is 7.10. The topological polar surface area (TPSA) is 9.23 Å². The Morgan fingerprint density at radius 2 is 1.57 bits per heavy atom. The standard InChI is InChI=1S/C20H31ClOSi/c21-14-15-22-23-19-13-7-12-18(16-8-3-1-4-9-16)20(19)17-10-5-2-6-11-17/h7,12-13,16-17H,1-6,8-11,14-15,23H2. The fourth-order valence-electron chi connectivity index (χ4n) is 4.65. The molecule has 0 bridgehead atoms. The number of rotatable bonds is 6. The summed E-state index contributed by atoms with van der Waals surface area (Å²) in [6.07, 6.45) is 14.1. The molecule has 2 fully saturated rings. The molecule has 1 nitrogen and oxygen atoms in total. The molecule has 1 aromatic rings. The SMILES string of the molecule is ClCCO[SiH2]c1cccc(C2CCCCC2)c1C1CCCCC1. The lowest BCUT2D eigenvalue weighted by atomic mass is 9.76. The normalized spacial score (nSPS) is 21.3. The highest BCUT2D eigenvalue weighted by Gasteiger charge is 2.26. The first-order chi connectivity index (χ1) is 11.4. The summed E-state index contributed by atoms with van der Waals surface area (Å²) in [5.41, 5.74) is 3.41. The van der Waals surface area contributed by atoms with Crippen LogP contribution in [0.25, 0.3) is 0 Å². The van der Waals surface area contributed by atoms with E-state index in [2.05, 4.69) is 18.2 Å². The van der Waals surface area contributed by atoms with Gasteiger partial charge in [-0.05, 0) is 53.8 Å². The van der Waals surface area contributed by atoms with Crippen LogP contribution in [0, 0.1) is 0 Å². The van der Waals surface area contributed by atoms with E-state index in [0.29, 0.717) is 12.5 Å². The van der Waals surface area contributed by atoms with E-state index in [1.54, 1.807) is 16.3 Å². The predicted molar refractivity (Wildman–Crippen MR) is 103 cm³/mol. The molecular weight excluding hydrogens is 320 g/mol. The highest BCUT2D eigenvalue weighted by molar-refractivity contribution is 6.47. The van der Waals surface area contributed by atoms with E-state index in [0.717, 1.165) is 11.8 Å². The first kappa shape index (κ1) is 17.5. The number of halogens is 1. The van der Waals surface area contributed by atoms with Gasteiger partial charge in [0.25, 0.3) is 0 Å². The Bertz CT molecular complexity index is 479. The lowest BCUT2D eigenvalue weighted by Crippen LogP contribution is -2.28. The van der Waals surface area contributed by atoms with Gasteiger partial charge in [0.2, 0.25) is 0 Å². The summed E-state index contributed by atoms with van der Waals surface area (Å²) >= 11 is 5.81. The minimum atomic E-state index is -0.638. The number of hydrogen-bond acceptors (Lipinski definition) is 1. The van der Waals surface area contributed by atoms with Crippen molar-refractivity contribution in [2.75, 3.05) is 12.5 Å². The Hall–Kier alpha value is -0.313. The maximum absolute atomic E-state index is 5.95. The number of alkyl halides is 1. The maximum Gasteiger partial charge on any atom is 0.192 e. The van der Waals surface area contributed by atoms with Gasteiger partial charge in [-0.1, -0.05) is 56.7 Å². The van der Waals surface area contributed by atoms with Crippen molar-refractivity contribution < 1.29 is 4.43 Å². The third-order valence-corrected chi connectivity index (χ3v) is 7.34. The smallest absolute Gasteiger partial charge is 0.192 e. The molecule has 0 amide bonds. The van der Waals surface area contributed by atoms with Crippen LogP contribution in [0.1, 0.15) is 87.2 Å². The lowest BCUT2D eigenvalue weighted by Gasteiger charge is -2.31. The van der Waals surface area contributed by atoms with E-state index in [-0.39, 0.29) is 0 Å². The molecule has 2 aliphatic carbocycles. The second-order valence-electron chi connectivity index (χ2n) is 7.33. The van der Waals surface area contributed by atoms with Crippen LogP contribution in [0.5, 0.6) is 0 Å². The second kappa shape index (κ2) is 9.24. The Kier molecular flexibility index (Phi) is 7.04. The number of benzene rings is 1. The average Bonchev–Trinajstić information content (AvgIpc) is 2.63. The summed E-state index contributed by atoms with van der Waals surface area (Å²) in [7, 11) is -0.638. The van der Waals surface area contributed by atoms with Gasteiger partial charge < -0.3 is 4.43 Å². The van der Waals surface area contributed by atoms with E-state index < -0.39 is 9.76 Å². The molecule has 1 aromatic carbocycles. The summed E-state index contributed by atoms with van der Waals surface area (Å²) in [6.45, 7) is 0.714. The van der Waals surface area contributed by atoms with Crippen LogP contribution >= 0.6 is 11.6 Å².